The van der Waals surface area contributed by atoms with Crippen LogP contribution in [0.25, 0.3) is 0 Å². The second-order valence-corrected chi connectivity index (χ2v) is 6.89. The molecule has 0 aliphatic heterocycles. The lowest BCUT2D eigenvalue weighted by molar-refractivity contribution is -0.143. The summed E-state index contributed by atoms with van der Waals surface area (Å²) in [5.41, 5.74) is 0. The highest BCUT2D eigenvalue weighted by molar-refractivity contribution is 5.77. The Kier molecular flexibility index (Phi) is 28.2. The zero-order valence-corrected chi connectivity index (χ0v) is 21.2. The van der Waals surface area contributed by atoms with E-state index in [1.54, 1.807) is 6.08 Å². The summed E-state index contributed by atoms with van der Waals surface area (Å²) in [7, 11) is 0. The molecule has 0 rings (SSSR count). The van der Waals surface area contributed by atoms with Crippen molar-refractivity contribution in [1.82, 2.24) is 5.32 Å². The fraction of sp³-hybridized carbons (Fsp3) is 0.826. The van der Waals surface area contributed by atoms with Gasteiger partial charge in [-0.25, -0.2) is 4.79 Å². The van der Waals surface area contributed by atoms with Crippen LogP contribution in [0.2, 0.25) is 0 Å². The Morgan fingerprint density at radius 3 is 1.28 bits per heavy atom. The summed E-state index contributed by atoms with van der Waals surface area (Å²) >= 11 is 0. The third-order valence-corrected chi connectivity index (χ3v) is 3.87. The van der Waals surface area contributed by atoms with Gasteiger partial charge in [-0.05, 0) is 0 Å². The van der Waals surface area contributed by atoms with Gasteiger partial charge < -0.3 is 53.1 Å². The number of nitrogens with one attached hydrogen (secondary N) is 1. The molecule has 0 aliphatic rings. The Morgan fingerprint density at radius 1 is 0.556 bits per heavy atom. The maximum absolute atomic E-state index is 11.3. The van der Waals surface area contributed by atoms with Gasteiger partial charge in [0.05, 0.1) is 106 Å². The monoisotopic (exact) mass is 525 g/mol. The number of carbonyl (C=O) groups excluding carboxylic acids is 1. The van der Waals surface area contributed by atoms with Crippen molar-refractivity contribution in [3.8, 4) is 0 Å². The van der Waals surface area contributed by atoms with Gasteiger partial charge in [-0.1, -0.05) is 6.08 Å². The smallest absolute Gasteiger partial charge is 0.329 e. The van der Waals surface area contributed by atoms with Crippen molar-refractivity contribution in [2.45, 2.75) is 0 Å². The first kappa shape index (κ1) is 34.3. The number of carboxylic acids is 1. The number of amides is 1. The van der Waals surface area contributed by atoms with Crippen molar-refractivity contribution in [3.63, 3.8) is 0 Å². The van der Waals surface area contributed by atoms with E-state index < -0.39 is 18.5 Å². The van der Waals surface area contributed by atoms with Gasteiger partial charge in [-0.3, -0.25) is 4.79 Å². The highest BCUT2D eigenvalue weighted by Gasteiger charge is 2.03. The van der Waals surface area contributed by atoms with Gasteiger partial charge >= 0.3 is 5.97 Å². The lowest BCUT2D eigenvalue weighted by Gasteiger charge is -2.09. The molecule has 36 heavy (non-hydrogen) atoms. The number of hydrogen-bond donors (Lipinski definition) is 2. The van der Waals surface area contributed by atoms with Gasteiger partial charge in [0.15, 0.2) is 0 Å². The fourth-order valence-corrected chi connectivity index (χ4v) is 2.25. The molecule has 13 nitrogen and oxygen atoms in total. The number of carboxylic acid groups (broad SMARTS) is 1. The van der Waals surface area contributed by atoms with Crippen LogP contribution in [0.5, 0.6) is 0 Å². The molecule has 0 aromatic carbocycles. The molecule has 0 aliphatic carbocycles. The van der Waals surface area contributed by atoms with E-state index >= 15 is 0 Å². The van der Waals surface area contributed by atoms with Gasteiger partial charge in [0.1, 0.15) is 13.2 Å². The summed E-state index contributed by atoms with van der Waals surface area (Å²) in [6.07, 6.45) is 1.70. The molecule has 2 N–H and O–H groups in total. The molecule has 0 spiro atoms. The largest absolute Gasteiger partial charge is 0.480 e. The Labute approximate surface area is 213 Å². The predicted octanol–water partition coefficient (Wildman–Crippen LogP) is -0.477. The van der Waals surface area contributed by atoms with E-state index in [4.69, 9.17) is 43.0 Å². The van der Waals surface area contributed by atoms with Crippen LogP contribution in [-0.4, -0.2) is 142 Å². The lowest BCUT2D eigenvalue weighted by atomic mass is 10.6. The molecule has 0 atom stereocenters. The average Bonchev–Trinajstić information content (AvgIpc) is 2.86. The molecule has 13 heteroatoms. The quantitative estimate of drug-likeness (QED) is 0.0921. The summed E-state index contributed by atoms with van der Waals surface area (Å²) < 4.78 is 47.5. The van der Waals surface area contributed by atoms with Crippen LogP contribution in [0.4, 0.5) is 0 Å². The van der Waals surface area contributed by atoms with E-state index in [9.17, 15) is 9.59 Å². The molecular formula is C23H43NO12. The molecule has 0 aromatic heterocycles. The van der Waals surface area contributed by atoms with Gasteiger partial charge in [-0.15, -0.1) is 6.58 Å². The van der Waals surface area contributed by atoms with Crippen LogP contribution in [-0.2, 0) is 52.2 Å². The summed E-state index contributed by atoms with van der Waals surface area (Å²) in [4.78, 5) is 21.6. The highest BCUT2D eigenvalue weighted by atomic mass is 16.6. The van der Waals surface area contributed by atoms with Crippen molar-refractivity contribution in [1.29, 1.82) is 0 Å². The van der Waals surface area contributed by atoms with E-state index in [0.29, 0.717) is 112 Å². The van der Waals surface area contributed by atoms with Crippen LogP contribution < -0.4 is 5.32 Å². The molecule has 0 saturated heterocycles. The van der Waals surface area contributed by atoms with Crippen LogP contribution in [0.1, 0.15) is 0 Å². The van der Waals surface area contributed by atoms with Crippen molar-refractivity contribution in [2.24, 2.45) is 0 Å². The zero-order chi connectivity index (χ0) is 26.4. The molecular weight excluding hydrogens is 482 g/mol. The Bertz CT molecular complexity index is 509. The first-order valence-electron chi connectivity index (χ1n) is 12.0. The third-order valence-electron chi connectivity index (χ3n) is 3.87. The number of rotatable bonds is 30. The molecule has 0 aromatic rings. The molecule has 0 unspecified atom stereocenters. The summed E-state index contributed by atoms with van der Waals surface area (Å²) in [5.74, 6) is -1.51. The van der Waals surface area contributed by atoms with E-state index in [1.807, 2.05) is 0 Å². The number of hydrogen-bond acceptors (Lipinski definition) is 11. The summed E-state index contributed by atoms with van der Waals surface area (Å²) in [6, 6.07) is 0. The number of carbonyl (C=O) groups is 2. The van der Waals surface area contributed by atoms with Crippen LogP contribution in [0, 0.1) is 0 Å². The van der Waals surface area contributed by atoms with Gasteiger partial charge in [0.2, 0.25) is 5.91 Å². The van der Waals surface area contributed by atoms with Crippen LogP contribution >= 0.6 is 0 Å². The predicted molar refractivity (Wildman–Crippen MR) is 128 cm³/mol. The van der Waals surface area contributed by atoms with Crippen molar-refractivity contribution in [3.05, 3.63) is 12.7 Å². The summed E-state index contributed by atoms with van der Waals surface area (Å²) in [6.45, 7) is 10.7. The molecule has 0 bridgehead atoms. The first-order valence-corrected chi connectivity index (χ1v) is 12.0. The number of ether oxygens (including phenoxy) is 9. The van der Waals surface area contributed by atoms with Crippen LogP contribution in [0.15, 0.2) is 12.7 Å². The average molecular weight is 526 g/mol. The maximum Gasteiger partial charge on any atom is 0.329 e. The SMILES string of the molecule is C=CCOCCOCCOCCOCCOCCOCCOCCOCCNC(=O)COCC(=O)O. The second-order valence-electron chi connectivity index (χ2n) is 6.89. The summed E-state index contributed by atoms with van der Waals surface area (Å²) in [5, 5.41) is 10.9. The molecule has 0 fully saturated rings. The van der Waals surface area contributed by atoms with Crippen molar-refractivity contribution in [2.75, 3.05) is 125 Å². The Morgan fingerprint density at radius 2 is 0.917 bits per heavy atom. The fourth-order valence-electron chi connectivity index (χ4n) is 2.25. The molecule has 1 amide bonds. The highest BCUT2D eigenvalue weighted by Crippen LogP contribution is 1.86. The Hall–Kier alpha value is -1.68. The number of aliphatic carboxylic acids is 1. The minimum absolute atomic E-state index is 0.297. The van der Waals surface area contributed by atoms with E-state index in [-0.39, 0.29) is 6.61 Å². The topological polar surface area (TPSA) is 149 Å². The maximum atomic E-state index is 11.3. The molecule has 0 radical (unpaired) electrons. The second kappa shape index (κ2) is 29.5. The van der Waals surface area contributed by atoms with E-state index in [2.05, 4.69) is 16.6 Å². The standard InChI is InChI=1S/C23H43NO12/c1-2-4-28-6-8-30-10-12-32-14-16-34-18-19-35-17-15-33-13-11-31-9-7-29-5-3-24-22(25)20-36-21-23(26)27/h2H,1,3-21H2,(H,24,25)(H,26,27). The van der Waals surface area contributed by atoms with Gasteiger partial charge in [0, 0.05) is 6.54 Å². The lowest BCUT2D eigenvalue weighted by Crippen LogP contribution is -2.31. The third kappa shape index (κ3) is 30.4. The van der Waals surface area contributed by atoms with Crippen LogP contribution in [0.3, 0.4) is 0 Å². The van der Waals surface area contributed by atoms with E-state index in [0.717, 1.165) is 0 Å². The van der Waals surface area contributed by atoms with E-state index in [1.165, 1.54) is 0 Å². The molecule has 0 saturated carbocycles. The van der Waals surface area contributed by atoms with Crippen molar-refractivity contribution >= 4 is 11.9 Å². The Balaban J connectivity index is 3.09. The van der Waals surface area contributed by atoms with Gasteiger partial charge in [-0.2, -0.15) is 0 Å². The minimum Gasteiger partial charge on any atom is -0.480 e. The molecule has 0 heterocycles. The normalized spacial score (nSPS) is 11.0. The molecule has 212 valence electrons. The van der Waals surface area contributed by atoms with Crippen molar-refractivity contribution < 1.29 is 57.3 Å². The minimum atomic E-state index is -1.12. The first-order chi connectivity index (χ1) is 17.7. The zero-order valence-electron chi connectivity index (χ0n) is 21.2. The van der Waals surface area contributed by atoms with Gasteiger partial charge in [0.25, 0.3) is 0 Å².